The van der Waals surface area contributed by atoms with Crippen molar-refractivity contribution in [2.45, 2.75) is 49.0 Å². The summed E-state index contributed by atoms with van der Waals surface area (Å²) in [6, 6.07) is 11.1. The molecule has 0 radical (unpaired) electrons. The molecule has 1 N–H and O–H groups in total. The number of rotatable bonds is 5. The molecule has 1 aliphatic carbocycles. The number of fused-ring (bicyclic) bond motifs is 3. The van der Waals surface area contributed by atoms with Crippen LogP contribution in [-0.2, 0) is 10.0 Å². The van der Waals surface area contributed by atoms with Gasteiger partial charge in [-0.3, -0.25) is 0 Å². The molecule has 35 heavy (non-hydrogen) atoms. The molecule has 3 aromatic heterocycles. The first-order valence-corrected chi connectivity index (χ1v) is 14.2. The Balaban J connectivity index is 1.50. The van der Waals surface area contributed by atoms with E-state index in [0.29, 0.717) is 23.9 Å². The van der Waals surface area contributed by atoms with Crippen LogP contribution in [0.3, 0.4) is 0 Å². The fourth-order valence-electron chi connectivity index (χ4n) is 5.44. The molecule has 1 aromatic carbocycles. The molecule has 0 unspecified atom stereocenters. The zero-order chi connectivity index (χ0) is 24.2. The second-order valence-electron chi connectivity index (χ2n) is 9.53. The SMILES string of the molecule is N#CC[C@H]1CC[C@H](n2c(C3CNC3)nc3cnc4c(ccn4S(=O)(=O)c4ccc(Br)cc4)c32)CC1. The quantitative estimate of drug-likeness (QED) is 0.384. The van der Waals surface area contributed by atoms with Gasteiger partial charge in [-0.2, -0.15) is 5.26 Å². The maximum Gasteiger partial charge on any atom is 0.269 e. The van der Waals surface area contributed by atoms with Gasteiger partial charge in [-0.1, -0.05) is 15.9 Å². The molecule has 4 aromatic rings. The van der Waals surface area contributed by atoms with Crippen LogP contribution in [0.4, 0.5) is 0 Å². The summed E-state index contributed by atoms with van der Waals surface area (Å²) in [4.78, 5) is 9.78. The number of benzene rings is 1. The predicted octanol–water partition coefficient (Wildman–Crippen LogP) is 4.72. The second-order valence-corrected chi connectivity index (χ2v) is 12.3. The number of halogens is 1. The Bertz CT molecular complexity index is 1560. The van der Waals surface area contributed by atoms with Crippen molar-refractivity contribution in [2.24, 2.45) is 5.92 Å². The Kier molecular flexibility index (Phi) is 5.66. The molecule has 2 fully saturated rings. The first kappa shape index (κ1) is 22.7. The van der Waals surface area contributed by atoms with Crippen LogP contribution < -0.4 is 5.32 Å². The third kappa shape index (κ3) is 3.77. The zero-order valence-corrected chi connectivity index (χ0v) is 21.5. The van der Waals surface area contributed by atoms with Crippen molar-refractivity contribution in [3.05, 3.63) is 53.0 Å². The van der Waals surface area contributed by atoms with Crippen molar-refractivity contribution in [3.63, 3.8) is 0 Å². The number of imidazole rings is 1. The first-order chi connectivity index (χ1) is 17.0. The minimum Gasteiger partial charge on any atom is -0.324 e. The largest absolute Gasteiger partial charge is 0.324 e. The summed E-state index contributed by atoms with van der Waals surface area (Å²) in [5, 5.41) is 13.3. The van der Waals surface area contributed by atoms with Crippen LogP contribution in [0.15, 0.2) is 52.1 Å². The Labute approximate surface area is 212 Å². The van der Waals surface area contributed by atoms with E-state index in [1.165, 1.54) is 3.97 Å². The molecule has 1 aliphatic heterocycles. The summed E-state index contributed by atoms with van der Waals surface area (Å²) in [5.41, 5.74) is 2.18. The Morgan fingerprint density at radius 1 is 1.11 bits per heavy atom. The minimum atomic E-state index is -3.80. The highest BCUT2D eigenvalue weighted by atomic mass is 79.9. The summed E-state index contributed by atoms with van der Waals surface area (Å²) < 4.78 is 31.4. The van der Waals surface area contributed by atoms with Crippen molar-refractivity contribution in [1.82, 2.24) is 23.8 Å². The molecule has 10 heteroatoms. The van der Waals surface area contributed by atoms with Crippen LogP contribution >= 0.6 is 15.9 Å². The van der Waals surface area contributed by atoms with Crippen molar-refractivity contribution in [1.29, 1.82) is 5.26 Å². The lowest BCUT2D eigenvalue weighted by atomic mass is 9.84. The van der Waals surface area contributed by atoms with Crippen molar-refractivity contribution in [2.75, 3.05) is 13.1 Å². The first-order valence-electron chi connectivity index (χ1n) is 11.9. The Hall–Kier alpha value is -2.74. The number of aromatic nitrogens is 4. The van der Waals surface area contributed by atoms with E-state index >= 15 is 0 Å². The van der Waals surface area contributed by atoms with Crippen LogP contribution in [0.5, 0.6) is 0 Å². The standard InChI is InChI=1S/C25H25BrN6O2S/c26-18-3-7-20(8-4-18)35(33,34)31-12-10-21-23-22(15-29-25(21)31)30-24(17-13-28-14-17)32(23)19-5-1-16(2-6-19)9-11-27/h3-4,7-8,10,12,15-17,19,28H,1-2,5-6,9,13-14H2/t16-,19-. The molecule has 180 valence electrons. The monoisotopic (exact) mass is 552 g/mol. The molecule has 4 heterocycles. The van der Waals surface area contributed by atoms with Crippen LogP contribution in [-0.4, -0.2) is 40.0 Å². The fourth-order valence-corrected chi connectivity index (χ4v) is 7.01. The number of pyridine rings is 1. The van der Waals surface area contributed by atoms with Gasteiger partial charge in [0.2, 0.25) is 0 Å². The van der Waals surface area contributed by atoms with Gasteiger partial charge in [0.05, 0.1) is 22.7 Å². The lowest BCUT2D eigenvalue weighted by molar-refractivity contribution is 0.270. The van der Waals surface area contributed by atoms with Gasteiger partial charge in [0.1, 0.15) is 11.3 Å². The van der Waals surface area contributed by atoms with Gasteiger partial charge in [-0.25, -0.2) is 22.4 Å². The van der Waals surface area contributed by atoms with Gasteiger partial charge in [0.25, 0.3) is 10.0 Å². The molecule has 2 aliphatic rings. The third-order valence-corrected chi connectivity index (χ3v) is 9.64. The maximum atomic E-state index is 13.5. The van der Waals surface area contributed by atoms with Gasteiger partial charge in [0, 0.05) is 47.5 Å². The zero-order valence-electron chi connectivity index (χ0n) is 19.1. The topological polar surface area (TPSA) is 106 Å². The Morgan fingerprint density at radius 3 is 2.51 bits per heavy atom. The molecular weight excluding hydrogens is 528 g/mol. The minimum absolute atomic E-state index is 0.214. The normalized spacial score (nSPS) is 21.3. The number of hydrogen-bond acceptors (Lipinski definition) is 6. The van der Waals surface area contributed by atoms with Crippen LogP contribution in [0.2, 0.25) is 0 Å². The highest BCUT2D eigenvalue weighted by Gasteiger charge is 2.32. The number of nitrogens with zero attached hydrogens (tertiary/aromatic N) is 5. The number of hydrogen-bond donors (Lipinski definition) is 1. The third-order valence-electron chi connectivity index (χ3n) is 7.43. The molecule has 1 saturated heterocycles. The highest BCUT2D eigenvalue weighted by Crippen LogP contribution is 2.40. The average Bonchev–Trinajstić information content (AvgIpc) is 3.41. The van der Waals surface area contributed by atoms with Crippen molar-refractivity contribution < 1.29 is 8.42 Å². The number of nitriles is 1. The highest BCUT2D eigenvalue weighted by molar-refractivity contribution is 9.10. The van der Waals surface area contributed by atoms with Gasteiger partial charge >= 0.3 is 0 Å². The van der Waals surface area contributed by atoms with E-state index in [-0.39, 0.29) is 10.9 Å². The van der Waals surface area contributed by atoms with E-state index in [4.69, 9.17) is 10.2 Å². The summed E-state index contributed by atoms with van der Waals surface area (Å²) >= 11 is 3.37. The van der Waals surface area contributed by atoms with E-state index in [9.17, 15) is 8.42 Å². The average molecular weight is 553 g/mol. The number of nitrogens with one attached hydrogen (secondary N) is 1. The van der Waals surface area contributed by atoms with Crippen molar-refractivity contribution in [3.8, 4) is 6.07 Å². The molecule has 1 saturated carbocycles. The summed E-state index contributed by atoms with van der Waals surface area (Å²) in [7, 11) is -3.80. The van der Waals surface area contributed by atoms with Gasteiger partial charge in [0.15, 0.2) is 5.65 Å². The maximum absolute atomic E-state index is 13.5. The lowest BCUT2D eigenvalue weighted by Crippen LogP contribution is -2.41. The van der Waals surface area contributed by atoms with Crippen LogP contribution in [0.25, 0.3) is 22.1 Å². The smallest absolute Gasteiger partial charge is 0.269 e. The molecule has 0 amide bonds. The van der Waals surface area contributed by atoms with E-state index in [1.807, 2.05) is 6.07 Å². The summed E-state index contributed by atoms with van der Waals surface area (Å²) in [5.74, 6) is 1.85. The molecule has 0 spiro atoms. The van der Waals surface area contributed by atoms with E-state index < -0.39 is 10.0 Å². The summed E-state index contributed by atoms with van der Waals surface area (Å²) in [6.45, 7) is 1.78. The van der Waals surface area contributed by atoms with Crippen LogP contribution in [0, 0.1) is 17.2 Å². The second kappa shape index (κ2) is 8.73. The van der Waals surface area contributed by atoms with Crippen molar-refractivity contribution >= 4 is 48.0 Å². The fraction of sp³-hybridized carbons (Fsp3) is 0.400. The van der Waals surface area contributed by atoms with E-state index in [1.54, 1.807) is 36.7 Å². The Morgan fingerprint density at radius 2 is 1.86 bits per heavy atom. The molecule has 8 nitrogen and oxygen atoms in total. The van der Waals surface area contributed by atoms with Crippen LogP contribution in [0.1, 0.15) is 49.9 Å². The molecule has 6 rings (SSSR count). The van der Waals surface area contributed by atoms with E-state index in [2.05, 4.69) is 36.9 Å². The molecule has 0 atom stereocenters. The van der Waals surface area contributed by atoms with E-state index in [0.717, 1.165) is 65.5 Å². The van der Waals surface area contributed by atoms with Gasteiger partial charge in [-0.15, -0.1) is 0 Å². The summed E-state index contributed by atoms with van der Waals surface area (Å²) in [6.07, 6.45) is 7.95. The lowest BCUT2D eigenvalue weighted by Gasteiger charge is -2.33. The van der Waals surface area contributed by atoms with Gasteiger partial charge < -0.3 is 9.88 Å². The predicted molar refractivity (Wildman–Crippen MR) is 137 cm³/mol. The molecule has 0 bridgehead atoms. The van der Waals surface area contributed by atoms with Gasteiger partial charge in [-0.05, 0) is 61.9 Å². The molecular formula is C25H25BrN6O2S.